The lowest BCUT2D eigenvalue weighted by molar-refractivity contribution is 0.404. The maximum absolute atomic E-state index is 14.0. The normalized spacial score (nSPS) is 21.4. The average molecular weight is 272 g/mol. The third-order valence-electron chi connectivity index (χ3n) is 3.32. The zero-order chi connectivity index (χ0) is 13.5. The standard InChI is InChI=1S/C12H17FN2O2S/c1-8-6-10(14)7-11(12(8)13)18(16,17)15-5-3-4-9(15)2/h6-7,9H,3-5,14H2,1-2H3. The maximum Gasteiger partial charge on any atom is 0.246 e. The Bertz CT molecular complexity index is 572. The summed E-state index contributed by atoms with van der Waals surface area (Å²) >= 11 is 0. The van der Waals surface area contributed by atoms with Gasteiger partial charge in [0.2, 0.25) is 10.0 Å². The molecule has 1 aromatic rings. The first-order chi connectivity index (χ1) is 8.34. The number of anilines is 1. The zero-order valence-corrected chi connectivity index (χ0v) is 11.3. The van der Waals surface area contributed by atoms with E-state index in [0.717, 1.165) is 12.8 Å². The number of hydrogen-bond donors (Lipinski definition) is 1. The van der Waals surface area contributed by atoms with Crippen LogP contribution in [0.3, 0.4) is 0 Å². The number of rotatable bonds is 2. The summed E-state index contributed by atoms with van der Waals surface area (Å²) < 4.78 is 40.1. The first-order valence-corrected chi connectivity index (χ1v) is 7.35. The van der Waals surface area contributed by atoms with Crippen molar-refractivity contribution in [2.45, 2.75) is 37.6 Å². The second kappa shape index (κ2) is 4.51. The molecule has 1 aliphatic heterocycles. The van der Waals surface area contributed by atoms with Crippen LogP contribution in [-0.2, 0) is 10.0 Å². The smallest absolute Gasteiger partial charge is 0.246 e. The minimum atomic E-state index is -3.79. The molecule has 2 rings (SSSR count). The Morgan fingerprint density at radius 1 is 1.44 bits per heavy atom. The molecule has 0 aliphatic carbocycles. The predicted octanol–water partition coefficient (Wildman–Crippen LogP) is 1.89. The van der Waals surface area contributed by atoms with Gasteiger partial charge < -0.3 is 5.73 Å². The highest BCUT2D eigenvalue weighted by atomic mass is 32.2. The maximum atomic E-state index is 14.0. The number of nitrogens with zero attached hydrogens (tertiary/aromatic N) is 1. The van der Waals surface area contributed by atoms with Crippen LogP contribution in [0.1, 0.15) is 25.3 Å². The van der Waals surface area contributed by atoms with Gasteiger partial charge in [-0.25, -0.2) is 12.8 Å². The van der Waals surface area contributed by atoms with E-state index in [2.05, 4.69) is 0 Å². The number of aryl methyl sites for hydroxylation is 1. The second-order valence-corrected chi connectivity index (χ2v) is 6.62. The Hall–Kier alpha value is -1.14. The van der Waals surface area contributed by atoms with E-state index in [1.54, 1.807) is 0 Å². The molecule has 18 heavy (non-hydrogen) atoms. The van der Waals surface area contributed by atoms with Crippen LogP contribution in [0, 0.1) is 12.7 Å². The van der Waals surface area contributed by atoms with Crippen molar-refractivity contribution in [3.8, 4) is 0 Å². The molecule has 1 aliphatic rings. The Morgan fingerprint density at radius 2 is 2.11 bits per heavy atom. The monoisotopic (exact) mass is 272 g/mol. The highest BCUT2D eigenvalue weighted by Gasteiger charge is 2.34. The summed E-state index contributed by atoms with van der Waals surface area (Å²) in [6.07, 6.45) is 1.62. The number of halogens is 1. The van der Waals surface area contributed by atoms with Crippen molar-refractivity contribution in [2.75, 3.05) is 12.3 Å². The van der Waals surface area contributed by atoms with Gasteiger partial charge in [-0.05, 0) is 44.4 Å². The molecule has 1 atom stereocenters. The van der Waals surface area contributed by atoms with E-state index in [1.807, 2.05) is 6.92 Å². The summed E-state index contributed by atoms with van der Waals surface area (Å²) in [5.74, 6) is -0.705. The largest absolute Gasteiger partial charge is 0.399 e. The van der Waals surface area contributed by atoms with Gasteiger partial charge in [0.25, 0.3) is 0 Å². The molecular formula is C12H17FN2O2S. The third kappa shape index (κ3) is 2.10. The van der Waals surface area contributed by atoms with Gasteiger partial charge in [0, 0.05) is 18.3 Å². The highest BCUT2D eigenvalue weighted by molar-refractivity contribution is 7.89. The van der Waals surface area contributed by atoms with Gasteiger partial charge in [0.05, 0.1) is 0 Å². The van der Waals surface area contributed by atoms with E-state index in [4.69, 9.17) is 5.73 Å². The van der Waals surface area contributed by atoms with Crippen LogP contribution in [0.15, 0.2) is 17.0 Å². The van der Waals surface area contributed by atoms with E-state index in [-0.39, 0.29) is 22.2 Å². The molecule has 0 amide bonds. The van der Waals surface area contributed by atoms with Gasteiger partial charge >= 0.3 is 0 Å². The molecule has 1 heterocycles. The highest BCUT2D eigenvalue weighted by Crippen LogP contribution is 2.29. The van der Waals surface area contributed by atoms with E-state index in [1.165, 1.54) is 23.4 Å². The summed E-state index contributed by atoms with van der Waals surface area (Å²) in [5, 5.41) is 0. The van der Waals surface area contributed by atoms with Crippen molar-refractivity contribution in [3.63, 3.8) is 0 Å². The van der Waals surface area contributed by atoms with Crippen LogP contribution in [-0.4, -0.2) is 25.3 Å². The number of nitrogen functional groups attached to an aromatic ring is 1. The molecule has 1 saturated heterocycles. The van der Waals surface area contributed by atoms with E-state index in [0.29, 0.717) is 6.54 Å². The summed E-state index contributed by atoms with van der Waals surface area (Å²) in [6.45, 7) is 3.79. The third-order valence-corrected chi connectivity index (χ3v) is 5.33. The van der Waals surface area contributed by atoms with E-state index in [9.17, 15) is 12.8 Å². The summed E-state index contributed by atoms with van der Waals surface area (Å²) in [6, 6.07) is 2.54. The lowest BCUT2D eigenvalue weighted by Crippen LogP contribution is -2.34. The van der Waals surface area contributed by atoms with Crippen LogP contribution in [0.25, 0.3) is 0 Å². The van der Waals surface area contributed by atoms with E-state index < -0.39 is 15.8 Å². The molecule has 2 N–H and O–H groups in total. The van der Waals surface area contributed by atoms with Gasteiger partial charge in [0.15, 0.2) is 0 Å². The van der Waals surface area contributed by atoms with Gasteiger partial charge in [-0.15, -0.1) is 0 Å². The minimum Gasteiger partial charge on any atom is -0.399 e. The fraction of sp³-hybridized carbons (Fsp3) is 0.500. The van der Waals surface area contributed by atoms with Gasteiger partial charge in [-0.3, -0.25) is 0 Å². The van der Waals surface area contributed by atoms with Gasteiger partial charge in [-0.2, -0.15) is 4.31 Å². The molecule has 0 saturated carbocycles. The quantitative estimate of drug-likeness (QED) is 0.836. The van der Waals surface area contributed by atoms with Crippen molar-refractivity contribution in [2.24, 2.45) is 0 Å². The second-order valence-electron chi connectivity index (χ2n) is 4.76. The van der Waals surface area contributed by atoms with Gasteiger partial charge in [0.1, 0.15) is 10.7 Å². The topological polar surface area (TPSA) is 63.4 Å². The van der Waals surface area contributed by atoms with E-state index >= 15 is 0 Å². The fourth-order valence-corrected chi connectivity index (χ4v) is 4.22. The number of benzene rings is 1. The van der Waals surface area contributed by atoms with Crippen molar-refractivity contribution >= 4 is 15.7 Å². The minimum absolute atomic E-state index is 0.0869. The van der Waals surface area contributed by atoms with Crippen molar-refractivity contribution in [1.82, 2.24) is 4.31 Å². The fourth-order valence-electron chi connectivity index (χ4n) is 2.34. The molecule has 0 spiro atoms. The number of sulfonamides is 1. The van der Waals surface area contributed by atoms with Crippen LogP contribution in [0.5, 0.6) is 0 Å². The molecule has 0 radical (unpaired) electrons. The number of nitrogens with two attached hydrogens (primary N) is 1. The molecule has 0 aromatic heterocycles. The Balaban J connectivity index is 2.54. The molecule has 100 valence electrons. The molecular weight excluding hydrogens is 255 g/mol. The van der Waals surface area contributed by atoms with Crippen LogP contribution < -0.4 is 5.73 Å². The molecule has 1 aromatic carbocycles. The molecule has 1 unspecified atom stereocenters. The number of hydrogen-bond acceptors (Lipinski definition) is 3. The Labute approximate surface area is 107 Å². The first kappa shape index (κ1) is 13.3. The Kier molecular flexibility index (Phi) is 3.33. The van der Waals surface area contributed by atoms with Crippen molar-refractivity contribution < 1.29 is 12.8 Å². The van der Waals surface area contributed by atoms with Crippen LogP contribution >= 0.6 is 0 Å². The van der Waals surface area contributed by atoms with Crippen molar-refractivity contribution in [3.05, 3.63) is 23.5 Å². The van der Waals surface area contributed by atoms with Crippen LogP contribution in [0.2, 0.25) is 0 Å². The lowest BCUT2D eigenvalue weighted by Gasteiger charge is -2.21. The molecule has 4 nitrogen and oxygen atoms in total. The summed E-state index contributed by atoms with van der Waals surface area (Å²) in [5.41, 5.74) is 6.12. The Morgan fingerprint density at radius 3 is 2.67 bits per heavy atom. The van der Waals surface area contributed by atoms with Gasteiger partial charge in [-0.1, -0.05) is 0 Å². The average Bonchev–Trinajstić information content (AvgIpc) is 2.70. The zero-order valence-electron chi connectivity index (χ0n) is 10.5. The van der Waals surface area contributed by atoms with Crippen LogP contribution in [0.4, 0.5) is 10.1 Å². The molecule has 1 fully saturated rings. The summed E-state index contributed by atoms with van der Waals surface area (Å²) in [7, 11) is -3.79. The molecule has 6 heteroatoms. The first-order valence-electron chi connectivity index (χ1n) is 5.91. The van der Waals surface area contributed by atoms with Crippen molar-refractivity contribution in [1.29, 1.82) is 0 Å². The predicted molar refractivity (Wildman–Crippen MR) is 68.1 cm³/mol. The summed E-state index contributed by atoms with van der Waals surface area (Å²) in [4.78, 5) is -0.311. The lowest BCUT2D eigenvalue weighted by atomic mass is 10.2. The SMILES string of the molecule is Cc1cc(N)cc(S(=O)(=O)N2CCCC2C)c1F. The molecule has 0 bridgehead atoms.